The Hall–Kier alpha value is -3.47. The lowest BCUT2D eigenvalue weighted by Gasteiger charge is -2.26. The van der Waals surface area contributed by atoms with E-state index in [9.17, 15) is 13.2 Å². The van der Waals surface area contributed by atoms with Gasteiger partial charge >= 0.3 is 6.18 Å². The second-order valence-electron chi connectivity index (χ2n) is 7.98. The molecule has 2 aliphatic rings. The molecular formula is C22H22F3N7O. The largest absolute Gasteiger partial charge is 0.416 e. The summed E-state index contributed by atoms with van der Waals surface area (Å²) in [7, 11) is 0. The Morgan fingerprint density at radius 2 is 1.88 bits per heavy atom. The fourth-order valence-corrected chi connectivity index (χ4v) is 3.52. The molecule has 0 unspecified atom stereocenters. The van der Waals surface area contributed by atoms with Gasteiger partial charge in [0.05, 0.1) is 18.8 Å². The molecule has 1 aromatic carbocycles. The van der Waals surface area contributed by atoms with Gasteiger partial charge in [0, 0.05) is 30.8 Å². The number of rotatable bonds is 6. The lowest BCUT2D eigenvalue weighted by molar-refractivity contribution is -0.137. The van der Waals surface area contributed by atoms with Crippen LogP contribution in [0.5, 0.6) is 0 Å². The molecule has 2 aromatic heterocycles. The number of ether oxygens (including phenoxy) is 1. The maximum absolute atomic E-state index is 13.0. The average molecular weight is 457 g/mol. The van der Waals surface area contributed by atoms with Crippen LogP contribution in [0, 0.1) is 0 Å². The van der Waals surface area contributed by atoms with E-state index >= 15 is 0 Å². The topological polar surface area (TPSA) is 91.9 Å². The normalized spacial score (nSPS) is 17.0. The molecule has 172 valence electrons. The smallest absolute Gasteiger partial charge is 0.378 e. The number of morpholine rings is 1. The molecule has 0 radical (unpaired) electrons. The standard InChI is InChI=1S/C22H22F3N7O/c23-22(24,25)16-3-1-2-14(12-16)4-7-18-26-20(27-19-13-17(30-31-19)15-5-6-15)29-21(28-18)32-8-10-33-11-9-32/h1-4,7,12-13,15H,5-6,8-11H2,(H2,26,27,28,29,30,31)/b7-4+. The number of alkyl halides is 3. The molecule has 11 heteroatoms. The van der Waals surface area contributed by atoms with Gasteiger partial charge in [-0.15, -0.1) is 0 Å². The fourth-order valence-electron chi connectivity index (χ4n) is 3.52. The van der Waals surface area contributed by atoms with Crippen molar-refractivity contribution in [3.63, 3.8) is 0 Å². The minimum absolute atomic E-state index is 0.309. The highest BCUT2D eigenvalue weighted by atomic mass is 19.4. The Bertz CT molecular complexity index is 1150. The lowest BCUT2D eigenvalue weighted by Crippen LogP contribution is -2.37. The molecule has 0 atom stereocenters. The Balaban J connectivity index is 1.42. The first-order valence-corrected chi connectivity index (χ1v) is 10.7. The highest BCUT2D eigenvalue weighted by molar-refractivity contribution is 5.68. The molecule has 1 saturated carbocycles. The van der Waals surface area contributed by atoms with Gasteiger partial charge in [-0.05, 0) is 36.6 Å². The van der Waals surface area contributed by atoms with E-state index < -0.39 is 11.7 Å². The maximum atomic E-state index is 13.0. The zero-order valence-electron chi connectivity index (χ0n) is 17.6. The number of aromatic amines is 1. The number of aromatic nitrogens is 5. The van der Waals surface area contributed by atoms with Crippen molar-refractivity contribution in [3.8, 4) is 0 Å². The van der Waals surface area contributed by atoms with E-state index in [0.717, 1.165) is 30.7 Å². The molecule has 2 N–H and O–H groups in total. The van der Waals surface area contributed by atoms with Gasteiger partial charge in [0.15, 0.2) is 11.6 Å². The molecule has 1 aliphatic carbocycles. The van der Waals surface area contributed by atoms with Crippen molar-refractivity contribution >= 4 is 29.9 Å². The molecule has 5 rings (SSSR count). The first kappa shape index (κ1) is 21.4. The van der Waals surface area contributed by atoms with Gasteiger partial charge in [0.2, 0.25) is 11.9 Å². The summed E-state index contributed by atoms with van der Waals surface area (Å²) in [4.78, 5) is 15.4. The molecule has 0 bridgehead atoms. The predicted octanol–water partition coefficient (Wildman–Crippen LogP) is 4.24. The van der Waals surface area contributed by atoms with Crippen molar-refractivity contribution in [2.45, 2.75) is 24.9 Å². The van der Waals surface area contributed by atoms with Crippen molar-refractivity contribution in [1.29, 1.82) is 0 Å². The molecule has 0 spiro atoms. The molecular weight excluding hydrogens is 435 g/mol. The molecule has 33 heavy (non-hydrogen) atoms. The molecule has 2 fully saturated rings. The number of hydrogen-bond acceptors (Lipinski definition) is 7. The van der Waals surface area contributed by atoms with Gasteiger partial charge in [-0.3, -0.25) is 5.10 Å². The first-order valence-electron chi connectivity index (χ1n) is 10.7. The number of hydrogen-bond donors (Lipinski definition) is 2. The molecule has 3 aromatic rings. The van der Waals surface area contributed by atoms with E-state index in [1.165, 1.54) is 6.07 Å². The first-order chi connectivity index (χ1) is 15.9. The van der Waals surface area contributed by atoms with Gasteiger partial charge in [-0.1, -0.05) is 18.2 Å². The lowest BCUT2D eigenvalue weighted by atomic mass is 10.1. The summed E-state index contributed by atoms with van der Waals surface area (Å²) in [6.07, 6.45) is 1.03. The summed E-state index contributed by atoms with van der Waals surface area (Å²) in [6.45, 7) is 2.39. The van der Waals surface area contributed by atoms with Crippen molar-refractivity contribution < 1.29 is 17.9 Å². The van der Waals surface area contributed by atoms with Crippen LogP contribution < -0.4 is 10.2 Å². The van der Waals surface area contributed by atoms with Crippen LogP contribution in [0.3, 0.4) is 0 Å². The monoisotopic (exact) mass is 457 g/mol. The van der Waals surface area contributed by atoms with E-state index in [4.69, 9.17) is 4.74 Å². The van der Waals surface area contributed by atoms with Crippen LogP contribution in [0.15, 0.2) is 30.3 Å². The highest BCUT2D eigenvalue weighted by Crippen LogP contribution is 2.39. The second kappa shape index (κ2) is 8.81. The Morgan fingerprint density at radius 1 is 1.06 bits per heavy atom. The molecule has 1 saturated heterocycles. The molecule has 0 amide bonds. The van der Waals surface area contributed by atoms with E-state index in [2.05, 4.69) is 30.5 Å². The third-order valence-electron chi connectivity index (χ3n) is 5.43. The van der Waals surface area contributed by atoms with Gasteiger partial charge in [-0.2, -0.15) is 33.2 Å². The summed E-state index contributed by atoms with van der Waals surface area (Å²) in [6, 6.07) is 7.03. The van der Waals surface area contributed by atoms with Gasteiger partial charge in [0.1, 0.15) is 0 Å². The van der Waals surface area contributed by atoms with Crippen molar-refractivity contribution in [2.24, 2.45) is 0 Å². The van der Waals surface area contributed by atoms with Crippen molar-refractivity contribution in [2.75, 3.05) is 36.5 Å². The van der Waals surface area contributed by atoms with Crippen LogP contribution in [-0.4, -0.2) is 51.5 Å². The summed E-state index contributed by atoms with van der Waals surface area (Å²) in [5.74, 6) is 2.23. The minimum atomic E-state index is -4.40. The maximum Gasteiger partial charge on any atom is 0.416 e. The second-order valence-corrected chi connectivity index (χ2v) is 7.98. The highest BCUT2D eigenvalue weighted by Gasteiger charge is 2.30. The number of nitrogens with zero attached hydrogens (tertiary/aromatic N) is 5. The van der Waals surface area contributed by atoms with Crippen LogP contribution in [0.2, 0.25) is 0 Å². The van der Waals surface area contributed by atoms with E-state index in [0.29, 0.717) is 61.3 Å². The molecule has 1 aliphatic heterocycles. The molecule has 3 heterocycles. The van der Waals surface area contributed by atoms with E-state index in [1.807, 2.05) is 11.0 Å². The third kappa shape index (κ3) is 5.30. The Morgan fingerprint density at radius 3 is 2.64 bits per heavy atom. The van der Waals surface area contributed by atoms with Crippen molar-refractivity contribution in [1.82, 2.24) is 25.1 Å². The van der Waals surface area contributed by atoms with Gasteiger partial charge in [-0.25, -0.2) is 0 Å². The van der Waals surface area contributed by atoms with E-state index in [1.54, 1.807) is 18.2 Å². The SMILES string of the molecule is FC(F)(F)c1cccc(/C=C/c2nc(Nc3cc(C4CC4)[nH]n3)nc(N3CCOCC3)n2)c1. The van der Waals surface area contributed by atoms with Crippen LogP contribution in [0.1, 0.15) is 41.4 Å². The number of halogens is 3. The summed E-state index contributed by atoms with van der Waals surface area (Å²) in [5.41, 5.74) is 0.764. The minimum Gasteiger partial charge on any atom is -0.378 e. The third-order valence-corrected chi connectivity index (χ3v) is 5.43. The van der Waals surface area contributed by atoms with Gasteiger partial charge < -0.3 is 15.0 Å². The van der Waals surface area contributed by atoms with Crippen LogP contribution >= 0.6 is 0 Å². The number of benzene rings is 1. The van der Waals surface area contributed by atoms with E-state index in [-0.39, 0.29) is 0 Å². The van der Waals surface area contributed by atoms with Gasteiger partial charge in [0.25, 0.3) is 0 Å². The zero-order chi connectivity index (χ0) is 22.8. The number of anilines is 3. The van der Waals surface area contributed by atoms with Crippen LogP contribution in [0.4, 0.5) is 30.9 Å². The Labute approximate surface area is 187 Å². The summed E-state index contributed by atoms with van der Waals surface area (Å²) < 4.78 is 44.5. The fraction of sp³-hybridized carbons (Fsp3) is 0.364. The summed E-state index contributed by atoms with van der Waals surface area (Å²) >= 11 is 0. The quantitative estimate of drug-likeness (QED) is 0.572. The molecule has 8 nitrogen and oxygen atoms in total. The summed E-state index contributed by atoms with van der Waals surface area (Å²) in [5, 5.41) is 10.4. The van der Waals surface area contributed by atoms with Crippen molar-refractivity contribution in [3.05, 3.63) is 53.0 Å². The zero-order valence-corrected chi connectivity index (χ0v) is 17.6. The number of H-pyrrole nitrogens is 1. The van der Waals surface area contributed by atoms with Crippen LogP contribution in [-0.2, 0) is 10.9 Å². The predicted molar refractivity (Wildman–Crippen MR) is 117 cm³/mol. The number of nitrogens with one attached hydrogen (secondary N) is 2. The van der Waals surface area contributed by atoms with Crippen LogP contribution in [0.25, 0.3) is 12.2 Å². The Kier molecular flexibility index (Phi) is 5.71. The average Bonchev–Trinajstić information content (AvgIpc) is 3.57.